The van der Waals surface area contributed by atoms with E-state index in [-0.39, 0.29) is 19.5 Å². The van der Waals surface area contributed by atoms with E-state index in [9.17, 15) is 14.0 Å². The van der Waals surface area contributed by atoms with E-state index in [0.29, 0.717) is 0 Å². The number of amides is 2. The Labute approximate surface area is 111 Å². The fourth-order valence-electron chi connectivity index (χ4n) is 2.01. The second-order valence-electron chi connectivity index (χ2n) is 5.84. The minimum Gasteiger partial charge on any atom is -0.465 e. The topological polar surface area (TPSA) is 93.4 Å². The van der Waals surface area contributed by atoms with E-state index in [1.165, 1.54) is 4.90 Å². The lowest BCUT2D eigenvalue weighted by molar-refractivity contribution is -0.135. The molecule has 1 saturated heterocycles. The molecule has 1 unspecified atom stereocenters. The van der Waals surface area contributed by atoms with Gasteiger partial charge in [-0.2, -0.15) is 5.26 Å². The number of hydrogen-bond acceptors (Lipinski definition) is 3. The number of hydrogen-bond donors (Lipinski definition) is 2. The Kier molecular flexibility index (Phi) is 4.03. The Bertz CT molecular complexity index is 427. The van der Waals surface area contributed by atoms with Crippen molar-refractivity contribution in [1.82, 2.24) is 10.2 Å². The number of nitrogens with one attached hydrogen (secondary N) is 1. The van der Waals surface area contributed by atoms with Gasteiger partial charge in [-0.3, -0.25) is 4.79 Å². The molecule has 1 fully saturated rings. The molecule has 0 aliphatic carbocycles. The van der Waals surface area contributed by atoms with Crippen molar-refractivity contribution in [3.63, 3.8) is 0 Å². The Balaban J connectivity index is 2.85. The van der Waals surface area contributed by atoms with Crippen LogP contribution in [0.25, 0.3) is 0 Å². The summed E-state index contributed by atoms with van der Waals surface area (Å²) >= 11 is 0. The average Bonchev–Trinajstić information content (AvgIpc) is 2.67. The summed E-state index contributed by atoms with van der Waals surface area (Å²) in [7, 11) is 0. The average molecular weight is 271 g/mol. The molecule has 0 aromatic heterocycles. The van der Waals surface area contributed by atoms with Crippen molar-refractivity contribution in [3.8, 4) is 6.07 Å². The Hall–Kier alpha value is -1.84. The Morgan fingerprint density at radius 2 is 2.11 bits per heavy atom. The summed E-state index contributed by atoms with van der Waals surface area (Å²) in [5.41, 5.74) is -2.66. The number of alkyl halides is 1. The fraction of sp³-hybridized carbons (Fsp3) is 0.750. The first-order chi connectivity index (χ1) is 8.59. The summed E-state index contributed by atoms with van der Waals surface area (Å²) < 4.78 is 13.8. The number of carboxylic acid groups (broad SMARTS) is 1. The van der Waals surface area contributed by atoms with Crippen LogP contribution in [-0.4, -0.2) is 46.8 Å². The van der Waals surface area contributed by atoms with Gasteiger partial charge in [0, 0.05) is 13.0 Å². The normalized spacial score (nSPS) is 24.7. The first kappa shape index (κ1) is 15.2. The first-order valence-electron chi connectivity index (χ1n) is 5.97. The van der Waals surface area contributed by atoms with Gasteiger partial charge in [-0.1, -0.05) is 20.8 Å². The van der Waals surface area contributed by atoms with Gasteiger partial charge in [0.05, 0.1) is 6.54 Å². The van der Waals surface area contributed by atoms with Crippen molar-refractivity contribution < 1.29 is 19.1 Å². The Morgan fingerprint density at radius 1 is 1.53 bits per heavy atom. The molecular formula is C12H18FN3O3. The summed E-state index contributed by atoms with van der Waals surface area (Å²) in [6.07, 6.45) is -1.35. The van der Waals surface area contributed by atoms with Crippen LogP contribution in [0.2, 0.25) is 0 Å². The van der Waals surface area contributed by atoms with Crippen molar-refractivity contribution in [2.75, 3.05) is 13.1 Å². The van der Waals surface area contributed by atoms with Gasteiger partial charge in [0.1, 0.15) is 12.1 Å². The van der Waals surface area contributed by atoms with E-state index < -0.39 is 29.1 Å². The minimum absolute atomic E-state index is 0.0425. The molecule has 0 bridgehead atoms. The van der Waals surface area contributed by atoms with E-state index >= 15 is 0 Å². The van der Waals surface area contributed by atoms with Crippen LogP contribution in [-0.2, 0) is 4.79 Å². The predicted octanol–water partition coefficient (Wildman–Crippen LogP) is 1.13. The predicted molar refractivity (Wildman–Crippen MR) is 65.1 cm³/mol. The minimum atomic E-state index is -2.03. The quantitative estimate of drug-likeness (QED) is 0.787. The maximum absolute atomic E-state index is 13.8. The van der Waals surface area contributed by atoms with Crippen molar-refractivity contribution in [3.05, 3.63) is 0 Å². The van der Waals surface area contributed by atoms with Crippen LogP contribution in [0.4, 0.5) is 9.18 Å². The second-order valence-corrected chi connectivity index (χ2v) is 5.84. The van der Waals surface area contributed by atoms with Gasteiger partial charge < -0.3 is 15.3 Å². The monoisotopic (exact) mass is 271 g/mol. The smallest absolute Gasteiger partial charge is 0.405 e. The molecule has 0 spiro atoms. The van der Waals surface area contributed by atoms with Gasteiger partial charge in [0.25, 0.3) is 0 Å². The molecule has 19 heavy (non-hydrogen) atoms. The van der Waals surface area contributed by atoms with Crippen molar-refractivity contribution >= 4 is 12.0 Å². The molecule has 2 atom stereocenters. The molecule has 1 rings (SSSR count). The van der Waals surface area contributed by atoms with E-state index in [0.717, 1.165) is 0 Å². The lowest BCUT2D eigenvalue weighted by Gasteiger charge is -2.32. The molecule has 106 valence electrons. The van der Waals surface area contributed by atoms with E-state index in [4.69, 9.17) is 10.4 Å². The third-order valence-corrected chi connectivity index (χ3v) is 3.11. The maximum Gasteiger partial charge on any atom is 0.405 e. The number of nitriles is 1. The van der Waals surface area contributed by atoms with Crippen LogP contribution in [0, 0.1) is 16.7 Å². The third-order valence-electron chi connectivity index (χ3n) is 3.11. The molecule has 7 heteroatoms. The molecule has 2 N–H and O–H groups in total. The highest BCUT2D eigenvalue weighted by atomic mass is 19.1. The zero-order chi connectivity index (χ0) is 14.8. The number of halogens is 1. The molecule has 0 aromatic rings. The van der Waals surface area contributed by atoms with Gasteiger partial charge in [-0.15, -0.1) is 0 Å². The van der Waals surface area contributed by atoms with Gasteiger partial charge in [-0.05, 0) is 5.41 Å². The van der Waals surface area contributed by atoms with Crippen LogP contribution >= 0.6 is 0 Å². The molecule has 1 heterocycles. The van der Waals surface area contributed by atoms with Crippen LogP contribution in [0.3, 0.4) is 0 Å². The first-order valence-corrected chi connectivity index (χ1v) is 5.97. The second kappa shape index (κ2) is 5.03. The lowest BCUT2D eigenvalue weighted by Crippen LogP contribution is -2.54. The Morgan fingerprint density at radius 3 is 2.47 bits per heavy atom. The molecule has 6 nitrogen and oxygen atoms in total. The summed E-state index contributed by atoms with van der Waals surface area (Å²) in [6, 6.07) is 0.580. The number of carbonyl (C=O) groups excluding carboxylic acids is 1. The maximum atomic E-state index is 13.8. The van der Waals surface area contributed by atoms with E-state index in [2.05, 4.69) is 5.32 Å². The fourth-order valence-corrected chi connectivity index (χ4v) is 2.01. The zero-order valence-electron chi connectivity index (χ0n) is 11.2. The lowest BCUT2D eigenvalue weighted by atomic mass is 9.86. The molecule has 0 aromatic carbocycles. The highest BCUT2D eigenvalue weighted by Gasteiger charge is 2.44. The van der Waals surface area contributed by atoms with Gasteiger partial charge in [0.2, 0.25) is 11.6 Å². The van der Waals surface area contributed by atoms with Gasteiger partial charge >= 0.3 is 6.09 Å². The molecule has 0 saturated carbocycles. The summed E-state index contributed by atoms with van der Waals surface area (Å²) in [5.74, 6) is -0.496. The molecular weight excluding hydrogens is 253 g/mol. The number of nitrogens with zero attached hydrogens (tertiary/aromatic N) is 2. The number of rotatable bonds is 2. The summed E-state index contributed by atoms with van der Waals surface area (Å²) in [6.45, 7) is 4.96. The van der Waals surface area contributed by atoms with E-state index in [1.54, 1.807) is 26.8 Å². The van der Waals surface area contributed by atoms with E-state index in [1.807, 2.05) is 0 Å². The SMILES string of the molecule is CC(C)(C)[C@@H](NC(=O)O)C(=O)N1CCC(F)(C#N)C1. The van der Waals surface area contributed by atoms with Crippen molar-refractivity contribution in [2.24, 2.45) is 5.41 Å². The van der Waals surface area contributed by atoms with Crippen LogP contribution < -0.4 is 5.32 Å². The van der Waals surface area contributed by atoms with Gasteiger partial charge in [0.15, 0.2) is 0 Å². The van der Waals surface area contributed by atoms with Crippen molar-refractivity contribution in [2.45, 2.75) is 38.9 Å². The summed E-state index contributed by atoms with van der Waals surface area (Å²) in [4.78, 5) is 24.2. The van der Waals surface area contributed by atoms with Crippen LogP contribution in [0.15, 0.2) is 0 Å². The number of carbonyl (C=O) groups is 2. The van der Waals surface area contributed by atoms with Crippen LogP contribution in [0.1, 0.15) is 27.2 Å². The largest absolute Gasteiger partial charge is 0.465 e. The highest BCUT2D eigenvalue weighted by molar-refractivity contribution is 5.86. The van der Waals surface area contributed by atoms with Crippen molar-refractivity contribution in [1.29, 1.82) is 5.26 Å². The molecule has 1 aliphatic rings. The zero-order valence-corrected chi connectivity index (χ0v) is 11.2. The third kappa shape index (κ3) is 3.56. The highest BCUT2D eigenvalue weighted by Crippen LogP contribution is 2.28. The number of likely N-dealkylation sites (tertiary alicyclic amines) is 1. The van der Waals surface area contributed by atoms with Gasteiger partial charge in [-0.25, -0.2) is 9.18 Å². The van der Waals surface area contributed by atoms with Crippen LogP contribution in [0.5, 0.6) is 0 Å². The summed E-state index contributed by atoms with van der Waals surface area (Å²) in [5, 5.41) is 19.6. The standard InChI is InChI=1S/C12H18FN3O3/c1-11(2,3)8(15-10(18)19)9(17)16-5-4-12(13,6-14)7-16/h8,15H,4-5,7H2,1-3H3,(H,18,19)/t8-,12?/m0/s1. The molecule has 1 aliphatic heterocycles. The molecule has 2 amide bonds. The molecule has 0 radical (unpaired) electrons.